The molecule has 4 rings (SSSR count). The van der Waals surface area contributed by atoms with Crippen LogP contribution in [0.5, 0.6) is 11.5 Å². The Bertz CT molecular complexity index is 1270. The summed E-state index contributed by atoms with van der Waals surface area (Å²) in [6.45, 7) is 0.426. The van der Waals surface area contributed by atoms with Crippen molar-refractivity contribution in [1.29, 1.82) is 0 Å². The normalized spacial score (nSPS) is 10.7. The maximum Gasteiger partial charge on any atom is 0.281 e. The first-order valence-corrected chi connectivity index (χ1v) is 10.7. The van der Waals surface area contributed by atoms with E-state index >= 15 is 0 Å². The van der Waals surface area contributed by atoms with Crippen molar-refractivity contribution in [2.45, 2.75) is 6.54 Å². The van der Waals surface area contributed by atoms with Crippen LogP contribution in [0.4, 0.5) is 5.95 Å². The Morgan fingerprint density at radius 1 is 0.909 bits per heavy atom. The van der Waals surface area contributed by atoms with Gasteiger partial charge in [-0.2, -0.15) is 9.67 Å². The summed E-state index contributed by atoms with van der Waals surface area (Å²) in [5.74, 6) is 1.28. The van der Waals surface area contributed by atoms with E-state index in [0.29, 0.717) is 45.4 Å². The zero-order valence-electron chi connectivity index (χ0n) is 17.9. The van der Waals surface area contributed by atoms with Gasteiger partial charge >= 0.3 is 0 Å². The molecule has 0 saturated heterocycles. The van der Waals surface area contributed by atoms with Gasteiger partial charge in [-0.05, 0) is 60.2 Å². The molecular weight excluding hydrogens is 463 g/mol. The summed E-state index contributed by atoms with van der Waals surface area (Å²) in [4.78, 5) is 17.9. The summed E-state index contributed by atoms with van der Waals surface area (Å²) in [6.07, 6.45) is 0. The standard InChI is InChI=1S/C24H20Cl2N4O3/c1-32-20-12-7-17(13-21(20)33-2)23(31)30-24(27-14-15-3-8-18(25)9-4-15)28-22(29-30)16-5-10-19(26)11-6-16/h3-13H,14H2,1-2H3,(H,27,28,29). The van der Waals surface area contributed by atoms with Crippen molar-refractivity contribution in [3.8, 4) is 22.9 Å². The number of hydrogen-bond donors (Lipinski definition) is 1. The second-order valence-electron chi connectivity index (χ2n) is 7.03. The minimum absolute atomic E-state index is 0.301. The van der Waals surface area contributed by atoms with E-state index in [1.165, 1.54) is 18.9 Å². The summed E-state index contributed by atoms with van der Waals surface area (Å²) in [6, 6.07) is 19.4. The first kappa shape index (κ1) is 22.6. The number of halogens is 2. The molecule has 0 saturated carbocycles. The molecule has 0 radical (unpaired) electrons. The number of ether oxygens (including phenoxy) is 2. The van der Waals surface area contributed by atoms with Gasteiger partial charge < -0.3 is 14.8 Å². The molecule has 7 nitrogen and oxygen atoms in total. The van der Waals surface area contributed by atoms with Crippen molar-refractivity contribution in [3.05, 3.63) is 87.9 Å². The van der Waals surface area contributed by atoms with Gasteiger partial charge in [-0.1, -0.05) is 35.3 Å². The Kier molecular flexibility index (Phi) is 6.82. The fraction of sp³-hybridized carbons (Fsp3) is 0.125. The molecule has 4 aromatic rings. The van der Waals surface area contributed by atoms with Gasteiger partial charge in [0.15, 0.2) is 17.3 Å². The third kappa shape index (κ3) is 5.10. The number of nitrogens with zero attached hydrogens (tertiary/aromatic N) is 3. The van der Waals surface area contributed by atoms with Crippen molar-refractivity contribution < 1.29 is 14.3 Å². The summed E-state index contributed by atoms with van der Waals surface area (Å²) < 4.78 is 11.8. The van der Waals surface area contributed by atoms with E-state index in [1.807, 2.05) is 12.1 Å². The predicted octanol–water partition coefficient (Wildman–Crippen LogP) is 5.57. The third-order valence-electron chi connectivity index (χ3n) is 4.90. The van der Waals surface area contributed by atoms with Gasteiger partial charge in [0.05, 0.1) is 14.2 Å². The van der Waals surface area contributed by atoms with Crippen LogP contribution >= 0.6 is 23.2 Å². The highest BCUT2D eigenvalue weighted by Crippen LogP contribution is 2.29. The number of methoxy groups -OCH3 is 2. The first-order valence-electron chi connectivity index (χ1n) is 9.96. The molecule has 0 atom stereocenters. The molecule has 0 aliphatic rings. The maximum atomic E-state index is 13.4. The van der Waals surface area contributed by atoms with E-state index in [9.17, 15) is 4.79 Å². The number of hydrogen-bond acceptors (Lipinski definition) is 6. The second-order valence-corrected chi connectivity index (χ2v) is 7.91. The molecule has 9 heteroatoms. The van der Waals surface area contributed by atoms with Crippen LogP contribution in [0.1, 0.15) is 15.9 Å². The molecule has 0 unspecified atom stereocenters. The molecule has 1 heterocycles. The quantitative estimate of drug-likeness (QED) is 0.370. The Hall–Kier alpha value is -3.55. The fourth-order valence-electron chi connectivity index (χ4n) is 3.16. The number of aromatic nitrogens is 3. The van der Waals surface area contributed by atoms with Crippen LogP contribution in [0, 0.1) is 0 Å². The lowest BCUT2D eigenvalue weighted by atomic mass is 10.2. The van der Waals surface area contributed by atoms with Gasteiger partial charge in [-0.25, -0.2) is 0 Å². The Balaban J connectivity index is 1.70. The monoisotopic (exact) mass is 482 g/mol. The SMILES string of the molecule is COc1ccc(C(=O)n2nc(-c3ccc(Cl)cc3)nc2NCc2ccc(Cl)cc2)cc1OC. The number of rotatable bonds is 7. The van der Waals surface area contributed by atoms with Gasteiger partial charge in [-0.3, -0.25) is 4.79 Å². The molecular formula is C24H20Cl2N4O3. The van der Waals surface area contributed by atoms with Crippen molar-refractivity contribution in [2.24, 2.45) is 0 Å². The number of carbonyl (C=O) groups is 1. The largest absolute Gasteiger partial charge is 0.493 e. The molecule has 0 aliphatic carbocycles. The predicted molar refractivity (Wildman–Crippen MR) is 129 cm³/mol. The van der Waals surface area contributed by atoms with E-state index in [2.05, 4.69) is 15.4 Å². The Labute approximate surface area is 200 Å². The van der Waals surface area contributed by atoms with Crippen molar-refractivity contribution in [1.82, 2.24) is 14.8 Å². The highest BCUT2D eigenvalue weighted by molar-refractivity contribution is 6.30. The lowest BCUT2D eigenvalue weighted by molar-refractivity contribution is 0.0947. The zero-order chi connectivity index (χ0) is 23.4. The summed E-state index contributed by atoms with van der Waals surface area (Å²) in [7, 11) is 3.05. The Morgan fingerprint density at radius 3 is 2.18 bits per heavy atom. The van der Waals surface area contributed by atoms with E-state index < -0.39 is 0 Å². The van der Waals surface area contributed by atoms with Crippen LogP contribution in [-0.4, -0.2) is 34.9 Å². The molecule has 0 amide bonds. The number of benzene rings is 3. The van der Waals surface area contributed by atoms with E-state index in [1.54, 1.807) is 54.6 Å². The average Bonchev–Trinajstić information content (AvgIpc) is 3.27. The summed E-state index contributed by atoms with van der Waals surface area (Å²) in [5.41, 5.74) is 2.07. The summed E-state index contributed by atoms with van der Waals surface area (Å²) in [5, 5.41) is 8.91. The molecule has 1 N–H and O–H groups in total. The van der Waals surface area contributed by atoms with Crippen LogP contribution in [0.2, 0.25) is 10.0 Å². The van der Waals surface area contributed by atoms with Gasteiger partial charge in [0, 0.05) is 27.7 Å². The van der Waals surface area contributed by atoms with Crippen LogP contribution in [-0.2, 0) is 6.54 Å². The van der Waals surface area contributed by atoms with Gasteiger partial charge in [0.2, 0.25) is 5.95 Å². The van der Waals surface area contributed by atoms with Gasteiger partial charge in [0.1, 0.15) is 0 Å². The molecule has 0 bridgehead atoms. The summed E-state index contributed by atoms with van der Waals surface area (Å²) >= 11 is 12.0. The van der Waals surface area contributed by atoms with E-state index in [0.717, 1.165) is 11.1 Å². The number of carbonyl (C=O) groups excluding carboxylic acids is 1. The van der Waals surface area contributed by atoms with Crippen LogP contribution in [0.3, 0.4) is 0 Å². The lowest BCUT2D eigenvalue weighted by Crippen LogP contribution is -2.17. The molecule has 1 aromatic heterocycles. The van der Waals surface area contributed by atoms with Gasteiger partial charge in [-0.15, -0.1) is 5.10 Å². The van der Waals surface area contributed by atoms with Gasteiger partial charge in [0.25, 0.3) is 5.91 Å². The van der Waals surface area contributed by atoms with Crippen LogP contribution < -0.4 is 14.8 Å². The average molecular weight is 483 g/mol. The number of nitrogens with one attached hydrogen (secondary N) is 1. The third-order valence-corrected chi connectivity index (χ3v) is 5.40. The van der Waals surface area contributed by atoms with Crippen molar-refractivity contribution >= 4 is 35.1 Å². The highest BCUT2D eigenvalue weighted by Gasteiger charge is 2.20. The van der Waals surface area contributed by atoms with E-state index in [4.69, 9.17) is 32.7 Å². The molecule has 168 valence electrons. The lowest BCUT2D eigenvalue weighted by Gasteiger charge is -2.10. The first-order chi connectivity index (χ1) is 16.0. The topological polar surface area (TPSA) is 78.3 Å². The molecule has 33 heavy (non-hydrogen) atoms. The second kappa shape index (κ2) is 9.94. The Morgan fingerprint density at radius 2 is 1.55 bits per heavy atom. The molecule has 0 aliphatic heterocycles. The highest BCUT2D eigenvalue weighted by atomic mass is 35.5. The molecule has 0 spiro atoms. The minimum Gasteiger partial charge on any atom is -0.493 e. The maximum absolute atomic E-state index is 13.4. The van der Waals surface area contributed by atoms with E-state index in [-0.39, 0.29) is 5.91 Å². The van der Waals surface area contributed by atoms with Crippen molar-refractivity contribution in [3.63, 3.8) is 0 Å². The van der Waals surface area contributed by atoms with Crippen molar-refractivity contribution in [2.75, 3.05) is 19.5 Å². The van der Waals surface area contributed by atoms with Crippen LogP contribution in [0.15, 0.2) is 66.7 Å². The zero-order valence-corrected chi connectivity index (χ0v) is 19.4. The minimum atomic E-state index is -0.373. The smallest absolute Gasteiger partial charge is 0.281 e. The molecule has 3 aromatic carbocycles. The molecule has 0 fully saturated rings. The number of anilines is 1. The van der Waals surface area contributed by atoms with Crippen LogP contribution in [0.25, 0.3) is 11.4 Å². The fourth-order valence-corrected chi connectivity index (χ4v) is 3.42.